The average Bonchev–Trinajstić information content (AvgIpc) is 2.61. The summed E-state index contributed by atoms with van der Waals surface area (Å²) in [6, 6.07) is 9.28. The molecule has 0 aliphatic heterocycles. The van der Waals surface area contributed by atoms with Crippen molar-refractivity contribution >= 4 is 28.8 Å². The molecule has 25 heavy (non-hydrogen) atoms. The van der Waals surface area contributed by atoms with Crippen LogP contribution in [0.4, 0.5) is 20.8 Å². The fourth-order valence-corrected chi connectivity index (χ4v) is 2.17. The molecule has 7 nitrogen and oxygen atoms in total. The Hall–Kier alpha value is -3.29. The lowest BCUT2D eigenvalue weighted by molar-refractivity contribution is 0.252. The molecule has 0 aliphatic carbocycles. The van der Waals surface area contributed by atoms with Gasteiger partial charge >= 0.3 is 6.03 Å². The lowest BCUT2D eigenvalue weighted by Crippen LogP contribution is -2.28. The van der Waals surface area contributed by atoms with Gasteiger partial charge in [-0.3, -0.25) is 5.32 Å². The molecule has 0 saturated carbocycles. The van der Waals surface area contributed by atoms with Crippen LogP contribution < -0.4 is 16.0 Å². The molecule has 3 rings (SSSR count). The van der Waals surface area contributed by atoms with Crippen LogP contribution in [0.3, 0.4) is 0 Å². The first-order chi connectivity index (χ1) is 12.1. The molecule has 8 heteroatoms. The van der Waals surface area contributed by atoms with E-state index in [0.717, 1.165) is 5.56 Å². The van der Waals surface area contributed by atoms with Crippen molar-refractivity contribution in [2.75, 3.05) is 17.2 Å². The molecule has 128 valence electrons. The summed E-state index contributed by atoms with van der Waals surface area (Å²) >= 11 is 0. The second-order valence-corrected chi connectivity index (χ2v) is 5.26. The number of halogens is 1. The van der Waals surface area contributed by atoms with Gasteiger partial charge in [-0.1, -0.05) is 12.1 Å². The molecule has 0 fully saturated rings. The maximum Gasteiger partial charge on any atom is 0.320 e. The molecule has 2 heterocycles. The molecule has 3 N–H and O–H groups in total. The highest BCUT2D eigenvalue weighted by atomic mass is 19.1. The van der Waals surface area contributed by atoms with Crippen molar-refractivity contribution in [3.05, 3.63) is 54.0 Å². The van der Waals surface area contributed by atoms with E-state index in [-0.39, 0.29) is 11.8 Å². The van der Waals surface area contributed by atoms with Crippen molar-refractivity contribution in [1.29, 1.82) is 0 Å². The van der Waals surface area contributed by atoms with Gasteiger partial charge in [0.05, 0.1) is 6.20 Å². The zero-order chi connectivity index (χ0) is 17.6. The molecule has 0 bridgehead atoms. The van der Waals surface area contributed by atoms with Gasteiger partial charge in [0.2, 0.25) is 0 Å². The third-order valence-corrected chi connectivity index (χ3v) is 3.37. The van der Waals surface area contributed by atoms with Crippen molar-refractivity contribution in [3.63, 3.8) is 0 Å². The first kappa shape index (κ1) is 16.6. The summed E-state index contributed by atoms with van der Waals surface area (Å²) in [5, 5.41) is 8.38. The zero-order valence-electron chi connectivity index (χ0n) is 13.6. The molecule has 0 saturated heterocycles. The summed E-state index contributed by atoms with van der Waals surface area (Å²) in [7, 11) is 0. The number of amides is 2. The van der Waals surface area contributed by atoms with Gasteiger partial charge in [0.25, 0.3) is 0 Å². The summed E-state index contributed by atoms with van der Waals surface area (Å²) in [5.41, 5.74) is 1.95. The standard InChI is InChI=1S/C17H17FN6O/c1-2-19-17(25)24-14-8-7-13-16(22-14)23-15(10-20-13)21-9-11-3-5-12(18)6-4-11/h3-8,10H,2,9H2,1H3,(H3,19,21,22,23,24,25). The smallest absolute Gasteiger partial charge is 0.320 e. The Labute approximate surface area is 143 Å². The van der Waals surface area contributed by atoms with Crippen LogP contribution in [0.15, 0.2) is 42.6 Å². The first-order valence-corrected chi connectivity index (χ1v) is 7.81. The van der Waals surface area contributed by atoms with Crippen molar-refractivity contribution in [2.24, 2.45) is 0 Å². The maximum atomic E-state index is 12.9. The normalized spacial score (nSPS) is 10.5. The number of nitrogens with one attached hydrogen (secondary N) is 3. The fraction of sp³-hybridized carbons (Fsp3) is 0.176. The van der Waals surface area contributed by atoms with Gasteiger partial charge in [-0.15, -0.1) is 0 Å². The molecule has 0 spiro atoms. The molecular weight excluding hydrogens is 323 g/mol. The van der Waals surface area contributed by atoms with Crippen LogP contribution in [-0.2, 0) is 6.54 Å². The maximum absolute atomic E-state index is 12.9. The molecule has 0 atom stereocenters. The highest BCUT2D eigenvalue weighted by Gasteiger charge is 2.06. The Morgan fingerprint density at radius 2 is 1.84 bits per heavy atom. The quantitative estimate of drug-likeness (QED) is 0.664. The number of anilines is 2. The topological polar surface area (TPSA) is 91.8 Å². The number of hydrogen-bond donors (Lipinski definition) is 3. The third-order valence-electron chi connectivity index (χ3n) is 3.37. The summed E-state index contributed by atoms with van der Waals surface area (Å²) < 4.78 is 12.9. The molecular formula is C17H17FN6O. The van der Waals surface area contributed by atoms with E-state index in [1.807, 2.05) is 6.92 Å². The molecule has 1 aromatic carbocycles. The van der Waals surface area contributed by atoms with Crippen LogP contribution in [-0.4, -0.2) is 27.5 Å². The number of urea groups is 1. The average molecular weight is 340 g/mol. The van der Waals surface area contributed by atoms with Crippen molar-refractivity contribution in [2.45, 2.75) is 13.5 Å². The minimum absolute atomic E-state index is 0.273. The van der Waals surface area contributed by atoms with E-state index in [9.17, 15) is 9.18 Å². The SMILES string of the molecule is CCNC(=O)Nc1ccc2ncc(NCc3ccc(F)cc3)nc2n1. The van der Waals surface area contributed by atoms with E-state index in [2.05, 4.69) is 30.9 Å². The Balaban J connectivity index is 1.73. The number of fused-ring (bicyclic) bond motifs is 1. The van der Waals surface area contributed by atoms with Gasteiger partial charge in [-0.05, 0) is 36.8 Å². The number of carbonyl (C=O) groups is 1. The predicted molar refractivity (Wildman–Crippen MR) is 93.8 cm³/mol. The largest absolute Gasteiger partial charge is 0.365 e. The first-order valence-electron chi connectivity index (χ1n) is 7.81. The number of benzene rings is 1. The molecule has 2 amide bonds. The summed E-state index contributed by atoms with van der Waals surface area (Å²) in [6.45, 7) is 2.84. The summed E-state index contributed by atoms with van der Waals surface area (Å²) in [6.07, 6.45) is 1.60. The second kappa shape index (κ2) is 7.52. The van der Waals surface area contributed by atoms with Gasteiger partial charge in [-0.25, -0.2) is 24.1 Å². The minimum atomic E-state index is -0.326. The van der Waals surface area contributed by atoms with E-state index < -0.39 is 0 Å². The molecule has 0 unspecified atom stereocenters. The number of aromatic nitrogens is 3. The number of pyridine rings is 1. The summed E-state index contributed by atoms with van der Waals surface area (Å²) in [4.78, 5) is 24.5. The third kappa shape index (κ3) is 4.37. The van der Waals surface area contributed by atoms with Crippen LogP contribution in [0.1, 0.15) is 12.5 Å². The molecule has 3 aromatic rings. The van der Waals surface area contributed by atoms with Gasteiger partial charge in [0, 0.05) is 13.1 Å². The van der Waals surface area contributed by atoms with Gasteiger partial charge < -0.3 is 10.6 Å². The highest BCUT2D eigenvalue weighted by Crippen LogP contribution is 2.14. The van der Waals surface area contributed by atoms with Crippen molar-refractivity contribution < 1.29 is 9.18 Å². The number of hydrogen-bond acceptors (Lipinski definition) is 5. The molecule has 0 radical (unpaired) electrons. The number of nitrogens with zero attached hydrogens (tertiary/aromatic N) is 3. The Kier molecular flexibility index (Phi) is 4.98. The van der Waals surface area contributed by atoms with Gasteiger partial charge in [0.15, 0.2) is 5.65 Å². The predicted octanol–water partition coefficient (Wildman–Crippen LogP) is 2.92. The zero-order valence-corrected chi connectivity index (χ0v) is 13.6. The van der Waals surface area contributed by atoms with Crippen LogP contribution in [0, 0.1) is 5.82 Å². The van der Waals surface area contributed by atoms with E-state index in [1.165, 1.54) is 12.1 Å². The molecule has 0 aliphatic rings. The lowest BCUT2D eigenvalue weighted by atomic mass is 10.2. The van der Waals surface area contributed by atoms with E-state index in [4.69, 9.17) is 0 Å². The van der Waals surface area contributed by atoms with E-state index in [0.29, 0.717) is 35.9 Å². The Morgan fingerprint density at radius 1 is 1.08 bits per heavy atom. The minimum Gasteiger partial charge on any atom is -0.365 e. The fourth-order valence-electron chi connectivity index (χ4n) is 2.17. The van der Waals surface area contributed by atoms with Crippen LogP contribution in [0.5, 0.6) is 0 Å². The Bertz CT molecular complexity index is 884. The summed E-state index contributed by atoms with van der Waals surface area (Å²) in [5.74, 6) is 0.661. The monoisotopic (exact) mass is 340 g/mol. The van der Waals surface area contributed by atoms with Crippen LogP contribution in [0.2, 0.25) is 0 Å². The molecule has 2 aromatic heterocycles. The number of carbonyl (C=O) groups excluding carboxylic acids is 1. The van der Waals surface area contributed by atoms with Crippen LogP contribution >= 0.6 is 0 Å². The van der Waals surface area contributed by atoms with E-state index in [1.54, 1.807) is 30.5 Å². The van der Waals surface area contributed by atoms with Gasteiger partial charge in [-0.2, -0.15) is 0 Å². The lowest BCUT2D eigenvalue weighted by Gasteiger charge is -2.08. The van der Waals surface area contributed by atoms with Crippen LogP contribution in [0.25, 0.3) is 11.2 Å². The number of rotatable bonds is 5. The van der Waals surface area contributed by atoms with E-state index >= 15 is 0 Å². The van der Waals surface area contributed by atoms with Crippen molar-refractivity contribution in [1.82, 2.24) is 20.3 Å². The Morgan fingerprint density at radius 3 is 2.60 bits per heavy atom. The second-order valence-electron chi connectivity index (χ2n) is 5.26. The van der Waals surface area contributed by atoms with Gasteiger partial charge in [0.1, 0.15) is 23.0 Å². The highest BCUT2D eigenvalue weighted by molar-refractivity contribution is 5.89. The van der Waals surface area contributed by atoms with Crippen molar-refractivity contribution in [3.8, 4) is 0 Å².